The van der Waals surface area contributed by atoms with Gasteiger partial charge in [-0.05, 0) is 53.6 Å². The van der Waals surface area contributed by atoms with E-state index in [2.05, 4.69) is 15.6 Å². The summed E-state index contributed by atoms with van der Waals surface area (Å²) in [5.74, 6) is 2.05. The van der Waals surface area contributed by atoms with Crippen LogP contribution in [0.3, 0.4) is 0 Å². The van der Waals surface area contributed by atoms with Gasteiger partial charge in [-0.2, -0.15) is 0 Å². The highest BCUT2D eigenvalue weighted by molar-refractivity contribution is 5.97. The average molecular weight is 416 g/mol. The molecule has 3 aromatic carbocycles. The van der Waals surface area contributed by atoms with E-state index in [1.54, 1.807) is 19.2 Å². The lowest BCUT2D eigenvalue weighted by molar-refractivity contribution is 0.0951. The van der Waals surface area contributed by atoms with Gasteiger partial charge in [0.2, 0.25) is 6.79 Å². The van der Waals surface area contributed by atoms with Gasteiger partial charge in [0.1, 0.15) is 11.3 Å². The molecular formula is C23H20N4O4. The van der Waals surface area contributed by atoms with Crippen molar-refractivity contribution in [3.63, 3.8) is 0 Å². The van der Waals surface area contributed by atoms with Gasteiger partial charge in [0.25, 0.3) is 5.91 Å². The van der Waals surface area contributed by atoms with Crippen LogP contribution in [0.15, 0.2) is 60.7 Å². The third-order valence-corrected chi connectivity index (χ3v) is 5.16. The lowest BCUT2D eigenvalue weighted by atomic mass is 10.1. The fourth-order valence-electron chi connectivity index (χ4n) is 3.47. The summed E-state index contributed by atoms with van der Waals surface area (Å²) in [5.41, 5.74) is 4.08. The second kappa shape index (κ2) is 7.98. The highest BCUT2D eigenvalue weighted by Gasteiger charge is 2.14. The standard InChI is InChI=1S/C23H20N4O4/c1-29-18-6-2-15(3-7-18)13-27-20-8-5-17(11-19(20)25-26-27)23(28)24-12-16-4-9-21-22(10-16)31-14-30-21/h2-11H,12-14H2,1H3,(H,24,28). The van der Waals surface area contributed by atoms with Crippen molar-refractivity contribution < 1.29 is 19.0 Å². The highest BCUT2D eigenvalue weighted by Crippen LogP contribution is 2.32. The average Bonchev–Trinajstić information content (AvgIpc) is 3.44. The van der Waals surface area contributed by atoms with Crippen molar-refractivity contribution in [3.05, 3.63) is 77.4 Å². The van der Waals surface area contributed by atoms with Crippen LogP contribution in [0.1, 0.15) is 21.5 Å². The summed E-state index contributed by atoms with van der Waals surface area (Å²) in [6.45, 7) is 1.19. The fraction of sp³-hybridized carbons (Fsp3) is 0.174. The summed E-state index contributed by atoms with van der Waals surface area (Å²) >= 11 is 0. The van der Waals surface area contributed by atoms with Gasteiger partial charge >= 0.3 is 0 Å². The number of methoxy groups -OCH3 is 1. The lowest BCUT2D eigenvalue weighted by Gasteiger charge is -2.07. The second-order valence-corrected chi connectivity index (χ2v) is 7.17. The van der Waals surface area contributed by atoms with E-state index in [-0.39, 0.29) is 12.7 Å². The number of hydrogen-bond acceptors (Lipinski definition) is 6. The number of hydrogen-bond donors (Lipinski definition) is 1. The molecule has 1 N–H and O–H groups in total. The summed E-state index contributed by atoms with van der Waals surface area (Å²) in [6.07, 6.45) is 0. The van der Waals surface area contributed by atoms with E-state index in [9.17, 15) is 4.79 Å². The monoisotopic (exact) mass is 416 g/mol. The lowest BCUT2D eigenvalue weighted by Crippen LogP contribution is -2.22. The van der Waals surface area contributed by atoms with Crippen molar-refractivity contribution >= 4 is 16.9 Å². The Bertz CT molecular complexity index is 1250. The molecule has 8 nitrogen and oxygen atoms in total. The van der Waals surface area contributed by atoms with Crippen LogP contribution in [0.4, 0.5) is 0 Å². The molecule has 0 bridgehead atoms. The number of fused-ring (bicyclic) bond motifs is 2. The zero-order valence-corrected chi connectivity index (χ0v) is 16.9. The Labute approximate surface area is 178 Å². The van der Waals surface area contributed by atoms with Crippen molar-refractivity contribution in [2.45, 2.75) is 13.1 Å². The number of aromatic nitrogens is 3. The van der Waals surface area contributed by atoms with Gasteiger partial charge in [0.05, 0.1) is 19.2 Å². The molecule has 5 rings (SSSR count). The molecule has 0 atom stereocenters. The van der Waals surface area contributed by atoms with Crippen LogP contribution in [0.2, 0.25) is 0 Å². The molecule has 0 aliphatic carbocycles. The summed E-state index contributed by atoms with van der Waals surface area (Å²) in [7, 11) is 1.64. The molecule has 1 aliphatic rings. The van der Waals surface area contributed by atoms with Gasteiger partial charge in [-0.25, -0.2) is 4.68 Å². The van der Waals surface area contributed by atoms with Crippen LogP contribution < -0.4 is 19.5 Å². The van der Waals surface area contributed by atoms with Gasteiger partial charge in [0.15, 0.2) is 11.5 Å². The number of carbonyl (C=O) groups is 1. The van der Waals surface area contributed by atoms with Gasteiger partial charge in [-0.15, -0.1) is 5.10 Å². The van der Waals surface area contributed by atoms with Gasteiger partial charge < -0.3 is 19.5 Å². The van der Waals surface area contributed by atoms with Crippen LogP contribution >= 0.6 is 0 Å². The van der Waals surface area contributed by atoms with Crippen LogP contribution in [0.5, 0.6) is 17.2 Å². The zero-order chi connectivity index (χ0) is 21.2. The molecule has 0 saturated carbocycles. The predicted octanol–water partition coefficient (Wildman–Crippen LogP) is 3.15. The smallest absolute Gasteiger partial charge is 0.251 e. The molecule has 2 heterocycles. The minimum Gasteiger partial charge on any atom is -0.497 e. The van der Waals surface area contributed by atoms with E-state index in [0.717, 1.165) is 28.1 Å². The van der Waals surface area contributed by atoms with Crippen LogP contribution in [-0.2, 0) is 13.1 Å². The van der Waals surface area contributed by atoms with Crippen molar-refractivity contribution in [3.8, 4) is 17.2 Å². The third-order valence-electron chi connectivity index (χ3n) is 5.16. The molecule has 1 amide bonds. The molecule has 4 aromatic rings. The first kappa shape index (κ1) is 18.9. The number of rotatable bonds is 6. The van der Waals surface area contributed by atoms with Crippen LogP contribution in [0, 0.1) is 0 Å². The van der Waals surface area contributed by atoms with Crippen LogP contribution in [0.25, 0.3) is 11.0 Å². The summed E-state index contributed by atoms with van der Waals surface area (Å²) < 4.78 is 17.7. The summed E-state index contributed by atoms with van der Waals surface area (Å²) in [4.78, 5) is 12.6. The van der Waals surface area contributed by atoms with E-state index in [1.807, 2.05) is 53.2 Å². The van der Waals surface area contributed by atoms with E-state index < -0.39 is 0 Å². The molecule has 8 heteroatoms. The molecule has 0 fully saturated rings. The Morgan fingerprint density at radius 2 is 1.84 bits per heavy atom. The first-order valence-corrected chi connectivity index (χ1v) is 9.82. The number of nitrogens with zero attached hydrogens (tertiary/aromatic N) is 3. The minimum atomic E-state index is -0.177. The van der Waals surface area contributed by atoms with Gasteiger partial charge in [-0.3, -0.25) is 4.79 Å². The molecule has 31 heavy (non-hydrogen) atoms. The number of nitrogens with one attached hydrogen (secondary N) is 1. The first-order chi connectivity index (χ1) is 15.2. The highest BCUT2D eigenvalue weighted by atomic mass is 16.7. The Hall–Kier alpha value is -4.07. The van der Waals surface area contributed by atoms with Crippen molar-refractivity contribution in [2.75, 3.05) is 13.9 Å². The quantitative estimate of drug-likeness (QED) is 0.520. The second-order valence-electron chi connectivity index (χ2n) is 7.17. The Kier molecular flexibility index (Phi) is 4.87. The van der Waals surface area contributed by atoms with Crippen molar-refractivity contribution in [1.82, 2.24) is 20.3 Å². The predicted molar refractivity (Wildman–Crippen MR) is 113 cm³/mol. The maximum atomic E-state index is 12.6. The van der Waals surface area contributed by atoms with Gasteiger partial charge in [0, 0.05) is 12.1 Å². The number of benzene rings is 3. The molecule has 156 valence electrons. The number of carbonyl (C=O) groups excluding carboxylic acids is 1. The molecular weight excluding hydrogens is 396 g/mol. The number of amides is 1. The van der Waals surface area contributed by atoms with E-state index in [0.29, 0.717) is 29.9 Å². The Morgan fingerprint density at radius 3 is 2.68 bits per heavy atom. The topological polar surface area (TPSA) is 87.5 Å². The molecule has 0 saturated heterocycles. The molecule has 0 spiro atoms. The molecule has 1 aromatic heterocycles. The summed E-state index contributed by atoms with van der Waals surface area (Å²) in [6, 6.07) is 18.8. The van der Waals surface area contributed by atoms with Crippen molar-refractivity contribution in [1.29, 1.82) is 0 Å². The number of ether oxygens (including phenoxy) is 3. The van der Waals surface area contributed by atoms with E-state index in [1.165, 1.54) is 0 Å². The molecule has 0 radical (unpaired) electrons. The molecule has 0 unspecified atom stereocenters. The third kappa shape index (κ3) is 3.87. The summed E-state index contributed by atoms with van der Waals surface area (Å²) in [5, 5.41) is 11.4. The van der Waals surface area contributed by atoms with Crippen LogP contribution in [-0.4, -0.2) is 34.8 Å². The fourth-order valence-corrected chi connectivity index (χ4v) is 3.47. The maximum Gasteiger partial charge on any atom is 0.251 e. The minimum absolute atomic E-state index is 0.177. The van der Waals surface area contributed by atoms with Gasteiger partial charge in [-0.1, -0.05) is 23.4 Å². The first-order valence-electron chi connectivity index (χ1n) is 9.82. The van der Waals surface area contributed by atoms with Crippen molar-refractivity contribution in [2.24, 2.45) is 0 Å². The normalized spacial score (nSPS) is 12.2. The molecule has 1 aliphatic heterocycles. The largest absolute Gasteiger partial charge is 0.497 e. The SMILES string of the molecule is COc1ccc(Cn2nnc3cc(C(=O)NCc4ccc5c(c4)OCO5)ccc32)cc1. The Morgan fingerprint density at radius 1 is 1.03 bits per heavy atom. The maximum absolute atomic E-state index is 12.6. The Balaban J connectivity index is 1.27. The van der Waals surface area contributed by atoms with E-state index in [4.69, 9.17) is 14.2 Å². The zero-order valence-electron chi connectivity index (χ0n) is 16.9. The van der Waals surface area contributed by atoms with E-state index >= 15 is 0 Å².